The van der Waals surface area contributed by atoms with E-state index in [1.54, 1.807) is 36.4 Å². The van der Waals surface area contributed by atoms with Gasteiger partial charge in [0.15, 0.2) is 0 Å². The summed E-state index contributed by atoms with van der Waals surface area (Å²) in [5.41, 5.74) is 2.32. The number of amides is 4. The lowest BCUT2D eigenvalue weighted by Crippen LogP contribution is -2.33. The number of aliphatic carboxylic acids is 1. The van der Waals surface area contributed by atoms with Crippen LogP contribution in [0.4, 0.5) is 16.2 Å². The van der Waals surface area contributed by atoms with Crippen molar-refractivity contribution in [3.8, 4) is 0 Å². The van der Waals surface area contributed by atoms with Crippen LogP contribution in [-0.2, 0) is 20.9 Å². The molecule has 1 unspecified atom stereocenters. The molecule has 0 spiro atoms. The average Bonchev–Trinajstić information content (AvgIpc) is 2.83. The molecule has 180 valence electrons. The molecule has 1 heterocycles. The van der Waals surface area contributed by atoms with Gasteiger partial charge in [0.2, 0.25) is 11.8 Å². The normalized spacial score (nSPS) is 11.1. The molecular weight excluding hydrogens is 450 g/mol. The van der Waals surface area contributed by atoms with Crippen molar-refractivity contribution in [2.75, 3.05) is 10.6 Å². The molecular formula is C25H25N5O5. The van der Waals surface area contributed by atoms with Crippen LogP contribution in [0.5, 0.6) is 0 Å². The molecule has 10 nitrogen and oxygen atoms in total. The number of hydrogen-bond donors (Lipinski definition) is 5. The van der Waals surface area contributed by atoms with Gasteiger partial charge in [-0.3, -0.25) is 19.4 Å². The fraction of sp³-hybridized carbons (Fsp3) is 0.160. The number of carbonyl (C=O) groups is 4. The molecule has 0 fully saturated rings. The lowest BCUT2D eigenvalue weighted by atomic mass is 10.1. The maximum atomic E-state index is 12.4. The number of benzene rings is 2. The minimum Gasteiger partial charge on any atom is -0.481 e. The van der Waals surface area contributed by atoms with Crippen LogP contribution in [0, 0.1) is 0 Å². The zero-order valence-corrected chi connectivity index (χ0v) is 18.7. The Hall–Kier alpha value is -4.73. The zero-order chi connectivity index (χ0) is 25.0. The highest BCUT2D eigenvalue weighted by Crippen LogP contribution is 2.17. The Bertz CT molecular complexity index is 1170. The SMILES string of the molecule is O=C(O)CC(NC(=O)CC(=O)Nc1cccc(NC(=O)NCc2ccccc2)c1)c1cccnc1. The standard InChI is InChI=1S/C25H25N5O5/c31-22(14-23(32)30-21(13-24(33)34)18-8-5-11-26-16-18)28-19-9-4-10-20(12-19)29-25(35)27-15-17-6-2-1-3-7-17/h1-12,16,21H,13-15H2,(H,28,31)(H,30,32)(H,33,34)(H2,27,29,35). The van der Waals surface area contributed by atoms with Crippen LogP contribution in [0.15, 0.2) is 79.1 Å². The van der Waals surface area contributed by atoms with Crippen molar-refractivity contribution >= 4 is 35.2 Å². The number of carbonyl (C=O) groups excluding carboxylic acids is 3. The van der Waals surface area contributed by atoms with Crippen molar-refractivity contribution < 1.29 is 24.3 Å². The van der Waals surface area contributed by atoms with Crippen LogP contribution in [0.3, 0.4) is 0 Å². The fourth-order valence-electron chi connectivity index (χ4n) is 3.23. The molecule has 5 N–H and O–H groups in total. The van der Waals surface area contributed by atoms with Gasteiger partial charge < -0.3 is 26.4 Å². The Balaban J connectivity index is 1.51. The van der Waals surface area contributed by atoms with E-state index in [1.165, 1.54) is 12.4 Å². The number of nitrogens with one attached hydrogen (secondary N) is 4. The third-order valence-electron chi connectivity index (χ3n) is 4.82. The first-order valence-electron chi connectivity index (χ1n) is 10.8. The largest absolute Gasteiger partial charge is 0.481 e. The first kappa shape index (κ1) is 24.9. The van der Waals surface area contributed by atoms with E-state index in [2.05, 4.69) is 26.3 Å². The summed E-state index contributed by atoms with van der Waals surface area (Å²) < 4.78 is 0. The number of urea groups is 1. The van der Waals surface area contributed by atoms with E-state index < -0.39 is 36.3 Å². The molecule has 10 heteroatoms. The second-order valence-electron chi connectivity index (χ2n) is 7.60. The highest BCUT2D eigenvalue weighted by Gasteiger charge is 2.20. The Labute approximate surface area is 201 Å². The number of hydrogen-bond acceptors (Lipinski definition) is 5. The van der Waals surface area contributed by atoms with E-state index in [4.69, 9.17) is 5.11 Å². The number of anilines is 2. The minimum absolute atomic E-state index is 0.348. The van der Waals surface area contributed by atoms with Gasteiger partial charge in [0, 0.05) is 30.3 Å². The van der Waals surface area contributed by atoms with Crippen LogP contribution in [0.1, 0.15) is 30.0 Å². The average molecular weight is 476 g/mol. The van der Waals surface area contributed by atoms with Crippen LogP contribution >= 0.6 is 0 Å². The summed E-state index contributed by atoms with van der Waals surface area (Å²) in [4.78, 5) is 52.0. The van der Waals surface area contributed by atoms with Crippen molar-refractivity contribution in [2.24, 2.45) is 0 Å². The van der Waals surface area contributed by atoms with Crippen molar-refractivity contribution in [1.29, 1.82) is 0 Å². The zero-order valence-electron chi connectivity index (χ0n) is 18.7. The molecule has 0 aliphatic carbocycles. The van der Waals surface area contributed by atoms with E-state index in [0.717, 1.165) is 5.56 Å². The van der Waals surface area contributed by atoms with Crippen molar-refractivity contribution in [2.45, 2.75) is 25.4 Å². The monoisotopic (exact) mass is 475 g/mol. The van der Waals surface area contributed by atoms with Crippen molar-refractivity contribution in [3.63, 3.8) is 0 Å². The molecule has 3 aromatic rings. The summed E-state index contributed by atoms with van der Waals surface area (Å²) in [5, 5.41) is 19.7. The molecule has 3 rings (SSSR count). The maximum Gasteiger partial charge on any atom is 0.319 e. The smallest absolute Gasteiger partial charge is 0.319 e. The van der Waals surface area contributed by atoms with E-state index in [9.17, 15) is 19.2 Å². The van der Waals surface area contributed by atoms with Gasteiger partial charge in [-0.2, -0.15) is 0 Å². The van der Waals surface area contributed by atoms with Gasteiger partial charge in [0.05, 0.1) is 12.5 Å². The molecule has 2 aromatic carbocycles. The third-order valence-corrected chi connectivity index (χ3v) is 4.82. The number of carboxylic acid groups (broad SMARTS) is 1. The fourth-order valence-corrected chi connectivity index (χ4v) is 3.23. The van der Waals surface area contributed by atoms with Gasteiger partial charge in [-0.1, -0.05) is 42.5 Å². The highest BCUT2D eigenvalue weighted by atomic mass is 16.4. The second kappa shape index (κ2) is 12.5. The third kappa shape index (κ3) is 8.61. The van der Waals surface area contributed by atoms with E-state index in [-0.39, 0.29) is 6.42 Å². The summed E-state index contributed by atoms with van der Waals surface area (Å²) in [6.07, 6.45) is 2.14. The van der Waals surface area contributed by atoms with Crippen LogP contribution < -0.4 is 21.3 Å². The predicted molar refractivity (Wildman–Crippen MR) is 129 cm³/mol. The van der Waals surface area contributed by atoms with Crippen molar-refractivity contribution in [1.82, 2.24) is 15.6 Å². The lowest BCUT2D eigenvalue weighted by molar-refractivity contribution is -0.137. The Morgan fingerprint density at radius 2 is 1.60 bits per heavy atom. The molecule has 0 bridgehead atoms. The molecule has 1 atom stereocenters. The lowest BCUT2D eigenvalue weighted by Gasteiger charge is -2.17. The van der Waals surface area contributed by atoms with Gasteiger partial charge in [-0.05, 0) is 35.4 Å². The van der Waals surface area contributed by atoms with Gasteiger partial charge in [-0.15, -0.1) is 0 Å². The number of nitrogens with zero attached hydrogens (tertiary/aromatic N) is 1. The van der Waals surface area contributed by atoms with Crippen LogP contribution in [0.25, 0.3) is 0 Å². The minimum atomic E-state index is -1.10. The van der Waals surface area contributed by atoms with E-state index in [1.807, 2.05) is 30.3 Å². The van der Waals surface area contributed by atoms with Crippen LogP contribution in [-0.4, -0.2) is 33.9 Å². The number of aromatic nitrogens is 1. The number of rotatable bonds is 10. The Morgan fingerprint density at radius 3 is 2.29 bits per heavy atom. The Kier molecular flexibility index (Phi) is 8.89. The van der Waals surface area contributed by atoms with Gasteiger partial charge >= 0.3 is 12.0 Å². The summed E-state index contributed by atoms with van der Waals surface area (Å²) >= 11 is 0. The number of pyridine rings is 1. The maximum absolute atomic E-state index is 12.4. The molecule has 0 saturated heterocycles. The molecule has 35 heavy (non-hydrogen) atoms. The predicted octanol–water partition coefficient (Wildman–Crippen LogP) is 3.06. The molecule has 0 saturated carbocycles. The molecule has 0 aliphatic rings. The highest BCUT2D eigenvalue weighted by molar-refractivity contribution is 6.04. The molecule has 4 amide bonds. The quantitative estimate of drug-likeness (QED) is 0.285. The summed E-state index contributed by atoms with van der Waals surface area (Å²) in [6, 6.07) is 18.0. The van der Waals surface area contributed by atoms with E-state index >= 15 is 0 Å². The van der Waals surface area contributed by atoms with Gasteiger partial charge in [-0.25, -0.2) is 4.79 Å². The van der Waals surface area contributed by atoms with E-state index in [0.29, 0.717) is 23.5 Å². The molecule has 0 radical (unpaired) electrons. The van der Waals surface area contributed by atoms with Crippen LogP contribution in [0.2, 0.25) is 0 Å². The summed E-state index contributed by atoms with van der Waals surface area (Å²) in [7, 11) is 0. The topological polar surface area (TPSA) is 150 Å². The second-order valence-corrected chi connectivity index (χ2v) is 7.60. The summed E-state index contributed by atoms with van der Waals surface area (Å²) in [6.45, 7) is 0.361. The Morgan fingerprint density at radius 1 is 0.857 bits per heavy atom. The first-order chi connectivity index (χ1) is 16.9. The van der Waals surface area contributed by atoms with Gasteiger partial charge in [0.1, 0.15) is 6.42 Å². The van der Waals surface area contributed by atoms with Crippen molar-refractivity contribution in [3.05, 3.63) is 90.3 Å². The summed E-state index contributed by atoms with van der Waals surface area (Å²) in [5.74, 6) is -2.32. The molecule has 0 aliphatic heterocycles. The number of carboxylic acids is 1. The molecule has 1 aromatic heterocycles. The first-order valence-corrected chi connectivity index (χ1v) is 10.8. The van der Waals surface area contributed by atoms with Gasteiger partial charge in [0.25, 0.3) is 0 Å².